The Kier molecular flexibility index (Phi) is 3.44. The van der Waals surface area contributed by atoms with Gasteiger partial charge in [-0.25, -0.2) is 0 Å². The number of benzene rings is 1. The molecule has 2 N–H and O–H groups in total. The van der Waals surface area contributed by atoms with Crippen LogP contribution in [0.15, 0.2) is 30.3 Å². The van der Waals surface area contributed by atoms with E-state index in [4.69, 9.17) is 0 Å². The van der Waals surface area contributed by atoms with Crippen molar-refractivity contribution in [2.45, 2.75) is 31.2 Å². The van der Waals surface area contributed by atoms with Crippen molar-refractivity contribution >= 4 is 0 Å². The van der Waals surface area contributed by atoms with E-state index in [0.29, 0.717) is 0 Å². The Balaban J connectivity index is 1.43. The SMILES string of the molecule is c1ccc([C@H]2CC2NCC2CCCNC2)cc1. The summed E-state index contributed by atoms with van der Waals surface area (Å²) < 4.78 is 0. The van der Waals surface area contributed by atoms with Crippen molar-refractivity contribution < 1.29 is 0 Å². The van der Waals surface area contributed by atoms with Gasteiger partial charge in [-0.3, -0.25) is 0 Å². The summed E-state index contributed by atoms with van der Waals surface area (Å²) in [5.41, 5.74) is 1.51. The largest absolute Gasteiger partial charge is 0.316 e. The molecule has 1 saturated carbocycles. The maximum atomic E-state index is 3.73. The minimum atomic E-state index is 0.735. The summed E-state index contributed by atoms with van der Waals surface area (Å²) in [5.74, 6) is 1.62. The maximum absolute atomic E-state index is 3.73. The fourth-order valence-corrected chi connectivity index (χ4v) is 2.91. The van der Waals surface area contributed by atoms with Crippen molar-refractivity contribution in [2.75, 3.05) is 19.6 Å². The summed E-state index contributed by atoms with van der Waals surface area (Å²) in [6, 6.07) is 11.6. The molecule has 1 aliphatic carbocycles. The molecule has 1 aromatic rings. The minimum absolute atomic E-state index is 0.735. The molecule has 1 aliphatic heterocycles. The highest BCUT2D eigenvalue weighted by Crippen LogP contribution is 2.40. The molecule has 92 valence electrons. The van der Waals surface area contributed by atoms with E-state index in [2.05, 4.69) is 41.0 Å². The second-order valence-corrected chi connectivity index (χ2v) is 5.48. The highest BCUT2D eigenvalue weighted by Gasteiger charge is 2.37. The Hall–Kier alpha value is -0.860. The van der Waals surface area contributed by atoms with Gasteiger partial charge in [0.15, 0.2) is 0 Å². The van der Waals surface area contributed by atoms with Gasteiger partial charge in [-0.15, -0.1) is 0 Å². The van der Waals surface area contributed by atoms with Crippen LogP contribution >= 0.6 is 0 Å². The molecule has 3 rings (SSSR count). The van der Waals surface area contributed by atoms with Crippen LogP contribution in [0, 0.1) is 5.92 Å². The fourth-order valence-electron chi connectivity index (χ4n) is 2.91. The van der Waals surface area contributed by atoms with Crippen LogP contribution in [-0.4, -0.2) is 25.7 Å². The third-order valence-corrected chi connectivity index (χ3v) is 4.09. The van der Waals surface area contributed by atoms with Crippen molar-refractivity contribution in [1.29, 1.82) is 0 Å². The zero-order valence-electron chi connectivity index (χ0n) is 10.4. The van der Waals surface area contributed by atoms with Gasteiger partial charge in [0.2, 0.25) is 0 Å². The lowest BCUT2D eigenvalue weighted by Gasteiger charge is -2.23. The smallest absolute Gasteiger partial charge is 0.0143 e. The first-order valence-corrected chi connectivity index (χ1v) is 6.92. The predicted molar refractivity (Wildman–Crippen MR) is 71.2 cm³/mol. The number of hydrogen-bond donors (Lipinski definition) is 2. The van der Waals surface area contributed by atoms with E-state index in [1.807, 2.05) is 0 Å². The van der Waals surface area contributed by atoms with Gasteiger partial charge < -0.3 is 10.6 Å². The lowest BCUT2D eigenvalue weighted by atomic mass is 10.00. The fraction of sp³-hybridized carbons (Fsp3) is 0.600. The normalized spacial score (nSPS) is 32.4. The molecule has 2 unspecified atom stereocenters. The van der Waals surface area contributed by atoms with Gasteiger partial charge in [-0.2, -0.15) is 0 Å². The molecule has 0 amide bonds. The van der Waals surface area contributed by atoms with Crippen LogP contribution in [-0.2, 0) is 0 Å². The van der Waals surface area contributed by atoms with E-state index in [1.165, 1.54) is 44.5 Å². The number of nitrogens with one attached hydrogen (secondary N) is 2. The van der Waals surface area contributed by atoms with E-state index in [0.717, 1.165) is 17.9 Å². The Labute approximate surface area is 104 Å². The van der Waals surface area contributed by atoms with Gasteiger partial charge in [0.25, 0.3) is 0 Å². The number of hydrogen-bond acceptors (Lipinski definition) is 2. The summed E-state index contributed by atoms with van der Waals surface area (Å²) in [6.45, 7) is 3.61. The monoisotopic (exact) mass is 230 g/mol. The predicted octanol–water partition coefficient (Wildman–Crippen LogP) is 2.13. The lowest BCUT2D eigenvalue weighted by Crippen LogP contribution is -2.36. The Morgan fingerprint density at radius 2 is 2.12 bits per heavy atom. The molecule has 0 radical (unpaired) electrons. The molecular formula is C15H22N2. The third kappa shape index (κ3) is 2.88. The zero-order valence-corrected chi connectivity index (χ0v) is 10.4. The van der Waals surface area contributed by atoms with Gasteiger partial charge >= 0.3 is 0 Å². The van der Waals surface area contributed by atoms with Gasteiger partial charge in [0.05, 0.1) is 0 Å². The zero-order chi connectivity index (χ0) is 11.5. The van der Waals surface area contributed by atoms with E-state index >= 15 is 0 Å². The quantitative estimate of drug-likeness (QED) is 0.828. The van der Waals surface area contributed by atoms with Crippen molar-refractivity contribution in [1.82, 2.24) is 10.6 Å². The van der Waals surface area contributed by atoms with Crippen molar-refractivity contribution in [3.05, 3.63) is 35.9 Å². The minimum Gasteiger partial charge on any atom is -0.316 e. The molecule has 2 aliphatic rings. The summed E-state index contributed by atoms with van der Waals surface area (Å²) >= 11 is 0. The van der Waals surface area contributed by atoms with Crippen LogP contribution < -0.4 is 10.6 Å². The van der Waals surface area contributed by atoms with Gasteiger partial charge in [0, 0.05) is 12.0 Å². The molecule has 0 spiro atoms. The molecule has 0 aromatic heterocycles. The molecule has 1 heterocycles. The van der Waals surface area contributed by atoms with Crippen LogP contribution in [0.2, 0.25) is 0 Å². The summed E-state index contributed by atoms with van der Waals surface area (Å²) in [6.07, 6.45) is 4.06. The highest BCUT2D eigenvalue weighted by atomic mass is 15.0. The molecule has 3 atom stereocenters. The lowest BCUT2D eigenvalue weighted by molar-refractivity contribution is 0.359. The van der Waals surface area contributed by atoms with E-state index in [9.17, 15) is 0 Å². The summed E-state index contributed by atoms with van der Waals surface area (Å²) in [7, 11) is 0. The first-order chi connectivity index (χ1) is 8.43. The van der Waals surface area contributed by atoms with E-state index < -0.39 is 0 Å². The second-order valence-electron chi connectivity index (χ2n) is 5.48. The van der Waals surface area contributed by atoms with Crippen LogP contribution in [0.3, 0.4) is 0 Å². The first kappa shape index (κ1) is 11.2. The topological polar surface area (TPSA) is 24.1 Å². The highest BCUT2D eigenvalue weighted by molar-refractivity contribution is 5.27. The van der Waals surface area contributed by atoms with Crippen molar-refractivity contribution in [3.63, 3.8) is 0 Å². The molecule has 1 saturated heterocycles. The average molecular weight is 230 g/mol. The van der Waals surface area contributed by atoms with Crippen LogP contribution in [0.4, 0.5) is 0 Å². The number of piperidine rings is 1. The molecule has 0 bridgehead atoms. The summed E-state index contributed by atoms with van der Waals surface area (Å²) in [5, 5.41) is 7.22. The maximum Gasteiger partial charge on any atom is 0.0143 e. The Morgan fingerprint density at radius 1 is 1.24 bits per heavy atom. The Morgan fingerprint density at radius 3 is 2.88 bits per heavy atom. The molecule has 2 heteroatoms. The molecule has 2 fully saturated rings. The van der Waals surface area contributed by atoms with Crippen molar-refractivity contribution in [2.24, 2.45) is 5.92 Å². The average Bonchev–Trinajstić information content (AvgIpc) is 3.18. The van der Waals surface area contributed by atoms with Crippen LogP contribution in [0.5, 0.6) is 0 Å². The molecule has 17 heavy (non-hydrogen) atoms. The van der Waals surface area contributed by atoms with Gasteiger partial charge in [0.1, 0.15) is 0 Å². The third-order valence-electron chi connectivity index (χ3n) is 4.09. The standard InChI is InChI=1S/C15H22N2/c1-2-6-13(7-3-1)14-9-15(14)17-11-12-5-4-8-16-10-12/h1-3,6-7,12,14-17H,4-5,8-11H2/t12?,14-,15?/m1/s1. The summed E-state index contributed by atoms with van der Waals surface area (Å²) in [4.78, 5) is 0. The van der Waals surface area contributed by atoms with Crippen LogP contribution in [0.1, 0.15) is 30.7 Å². The van der Waals surface area contributed by atoms with E-state index in [-0.39, 0.29) is 0 Å². The van der Waals surface area contributed by atoms with Crippen molar-refractivity contribution in [3.8, 4) is 0 Å². The molecule has 1 aromatic carbocycles. The second kappa shape index (κ2) is 5.19. The van der Waals surface area contributed by atoms with Gasteiger partial charge in [-0.1, -0.05) is 30.3 Å². The Bertz CT molecular complexity index is 343. The first-order valence-electron chi connectivity index (χ1n) is 6.92. The molecular weight excluding hydrogens is 208 g/mol. The molecule has 2 nitrogen and oxygen atoms in total. The van der Waals surface area contributed by atoms with E-state index in [1.54, 1.807) is 0 Å². The van der Waals surface area contributed by atoms with Crippen LogP contribution in [0.25, 0.3) is 0 Å². The van der Waals surface area contributed by atoms with Gasteiger partial charge in [-0.05, 0) is 50.4 Å². The number of rotatable bonds is 4.